The third-order valence-electron chi connectivity index (χ3n) is 6.01. The van der Waals surface area contributed by atoms with Crippen LogP contribution in [0.25, 0.3) is 11.3 Å². The van der Waals surface area contributed by atoms with E-state index < -0.39 is 10.0 Å². The number of halogens is 1. The summed E-state index contributed by atoms with van der Waals surface area (Å²) in [6.45, 7) is 9.97. The van der Waals surface area contributed by atoms with Crippen LogP contribution in [0, 0.1) is 6.92 Å². The molecule has 1 aliphatic heterocycles. The van der Waals surface area contributed by atoms with Gasteiger partial charge in [0, 0.05) is 75.0 Å². The van der Waals surface area contributed by atoms with Crippen LogP contribution in [0.4, 0.5) is 5.82 Å². The molecule has 11 heteroatoms. The van der Waals surface area contributed by atoms with E-state index in [0.29, 0.717) is 0 Å². The monoisotopic (exact) mass is 505 g/mol. The van der Waals surface area contributed by atoms with Gasteiger partial charge in [-0.1, -0.05) is 24.3 Å². The molecule has 0 spiro atoms. The molecule has 0 atom stereocenters. The molecule has 3 aromatic rings. The van der Waals surface area contributed by atoms with Gasteiger partial charge in [-0.3, -0.25) is 14.6 Å². The lowest BCUT2D eigenvalue weighted by atomic mass is 10.1. The van der Waals surface area contributed by atoms with Gasteiger partial charge in [0.1, 0.15) is 5.69 Å². The van der Waals surface area contributed by atoms with Gasteiger partial charge in [0.2, 0.25) is 10.0 Å². The van der Waals surface area contributed by atoms with Crippen LogP contribution in [0.3, 0.4) is 0 Å². The van der Waals surface area contributed by atoms with Crippen molar-refractivity contribution in [3.63, 3.8) is 0 Å². The van der Waals surface area contributed by atoms with E-state index in [1.165, 1.54) is 11.3 Å². The number of hydrogen-bond donors (Lipinski definition) is 1. The molecule has 184 valence electrons. The van der Waals surface area contributed by atoms with Crippen LogP contribution < -0.4 is 9.62 Å². The van der Waals surface area contributed by atoms with E-state index in [2.05, 4.69) is 43.4 Å². The fourth-order valence-electron chi connectivity index (χ4n) is 4.08. The number of sulfonamides is 1. The van der Waals surface area contributed by atoms with Gasteiger partial charge >= 0.3 is 0 Å². The molecule has 4 rings (SSSR count). The molecule has 2 aromatic heterocycles. The molecule has 1 N–H and O–H groups in total. The Morgan fingerprint density at radius 2 is 1.71 bits per heavy atom. The maximum atomic E-state index is 11.3. The second kappa shape index (κ2) is 11.3. The summed E-state index contributed by atoms with van der Waals surface area (Å²) in [6.07, 6.45) is 6.59. The number of nitrogens with zero attached hydrogens (tertiary/aromatic N) is 6. The minimum Gasteiger partial charge on any atom is -0.352 e. The first-order valence-electron chi connectivity index (χ1n) is 11.2. The average molecular weight is 506 g/mol. The van der Waals surface area contributed by atoms with Gasteiger partial charge in [-0.05, 0) is 19.4 Å². The van der Waals surface area contributed by atoms with E-state index >= 15 is 0 Å². The predicted molar refractivity (Wildman–Crippen MR) is 137 cm³/mol. The van der Waals surface area contributed by atoms with Crippen molar-refractivity contribution in [2.24, 2.45) is 0 Å². The number of benzene rings is 1. The predicted octanol–water partition coefficient (Wildman–Crippen LogP) is 2.46. The first-order valence-corrected chi connectivity index (χ1v) is 13.1. The summed E-state index contributed by atoms with van der Waals surface area (Å²) < 4.78 is 27.2. The zero-order chi connectivity index (χ0) is 23.4. The van der Waals surface area contributed by atoms with Crippen LogP contribution in [-0.2, 0) is 29.7 Å². The maximum absolute atomic E-state index is 11.3. The smallest absolute Gasteiger partial charge is 0.209 e. The van der Waals surface area contributed by atoms with Crippen LogP contribution >= 0.6 is 12.4 Å². The molecule has 0 saturated carbocycles. The number of rotatable bonds is 8. The molecule has 0 radical (unpaired) electrons. The van der Waals surface area contributed by atoms with E-state index in [4.69, 9.17) is 0 Å². The highest BCUT2D eigenvalue weighted by atomic mass is 35.5. The van der Waals surface area contributed by atoms with Gasteiger partial charge in [0.15, 0.2) is 5.82 Å². The summed E-state index contributed by atoms with van der Waals surface area (Å²) in [5.41, 5.74) is 5.23. The molecule has 1 saturated heterocycles. The van der Waals surface area contributed by atoms with Crippen LogP contribution in [0.15, 0.2) is 42.9 Å². The molecule has 3 heterocycles. The van der Waals surface area contributed by atoms with Crippen LogP contribution in [-0.4, -0.2) is 65.5 Å². The normalized spacial score (nSPS) is 14.7. The quantitative estimate of drug-likeness (QED) is 0.502. The number of aryl methyl sites for hydroxylation is 1. The number of piperazine rings is 1. The zero-order valence-electron chi connectivity index (χ0n) is 19.8. The van der Waals surface area contributed by atoms with Gasteiger partial charge in [-0.25, -0.2) is 18.1 Å². The van der Waals surface area contributed by atoms with Crippen LogP contribution in [0.5, 0.6) is 0 Å². The lowest BCUT2D eigenvalue weighted by Gasteiger charge is -2.35. The van der Waals surface area contributed by atoms with Gasteiger partial charge in [-0.15, -0.1) is 12.4 Å². The lowest BCUT2D eigenvalue weighted by Crippen LogP contribution is -2.46. The van der Waals surface area contributed by atoms with Crippen molar-refractivity contribution >= 4 is 28.2 Å². The first kappa shape index (κ1) is 26.1. The first-order chi connectivity index (χ1) is 15.8. The fraction of sp³-hybridized carbons (Fsp3) is 0.435. The number of nitrogens with one attached hydrogen (secondary N) is 1. The fourth-order valence-corrected chi connectivity index (χ4v) is 4.51. The van der Waals surface area contributed by atoms with Gasteiger partial charge in [0.05, 0.1) is 12.5 Å². The number of aromatic nitrogens is 4. The molecule has 1 fully saturated rings. The lowest BCUT2D eigenvalue weighted by molar-refractivity contribution is 0.249. The highest BCUT2D eigenvalue weighted by Crippen LogP contribution is 2.28. The largest absolute Gasteiger partial charge is 0.352 e. The maximum Gasteiger partial charge on any atom is 0.209 e. The highest BCUT2D eigenvalue weighted by molar-refractivity contribution is 7.88. The third kappa shape index (κ3) is 6.32. The van der Waals surface area contributed by atoms with Crippen molar-refractivity contribution in [3.05, 3.63) is 59.7 Å². The van der Waals surface area contributed by atoms with Crippen LogP contribution in [0.1, 0.15) is 23.7 Å². The average Bonchev–Trinajstić information content (AvgIpc) is 3.17. The van der Waals surface area contributed by atoms with E-state index in [9.17, 15) is 8.42 Å². The molecule has 0 unspecified atom stereocenters. The molecule has 9 nitrogen and oxygen atoms in total. The molecular formula is C23H32ClN7O2S. The molecule has 0 aliphatic carbocycles. The van der Waals surface area contributed by atoms with Crippen molar-refractivity contribution in [2.75, 3.05) is 37.3 Å². The van der Waals surface area contributed by atoms with E-state index in [1.807, 2.05) is 35.1 Å². The standard InChI is InChI=1S/C23H31N7O2S.ClH/c1-4-30-18(2)21(16-26-30)17-28-11-13-29(14-12-28)23-22(24-9-10-25-23)20-7-5-19(6-8-20)15-27-33(3,31)32;/h5-10,16,27H,4,11-15,17H2,1-3H3;1H. The van der Waals surface area contributed by atoms with Gasteiger partial charge in [-0.2, -0.15) is 5.10 Å². The zero-order valence-corrected chi connectivity index (χ0v) is 21.4. The summed E-state index contributed by atoms with van der Waals surface area (Å²) in [5, 5.41) is 4.46. The Labute approximate surface area is 207 Å². The SMILES string of the molecule is CCn1ncc(CN2CCN(c3nccnc3-c3ccc(CNS(C)(=O)=O)cc3)CC2)c1C.Cl. The molecular weight excluding hydrogens is 474 g/mol. The summed E-state index contributed by atoms with van der Waals surface area (Å²) in [4.78, 5) is 14.0. The van der Waals surface area contributed by atoms with Crippen molar-refractivity contribution in [2.45, 2.75) is 33.5 Å². The number of anilines is 1. The van der Waals surface area contributed by atoms with E-state index in [0.717, 1.165) is 68.2 Å². The van der Waals surface area contributed by atoms with Crippen molar-refractivity contribution in [1.29, 1.82) is 0 Å². The summed E-state index contributed by atoms with van der Waals surface area (Å²) in [7, 11) is -3.22. The second-order valence-electron chi connectivity index (χ2n) is 8.35. The van der Waals surface area contributed by atoms with E-state index in [-0.39, 0.29) is 19.0 Å². The molecule has 0 bridgehead atoms. The van der Waals surface area contributed by atoms with Crippen molar-refractivity contribution in [3.8, 4) is 11.3 Å². The molecule has 1 aliphatic rings. The second-order valence-corrected chi connectivity index (χ2v) is 10.2. The van der Waals surface area contributed by atoms with Crippen molar-refractivity contribution < 1.29 is 8.42 Å². The summed E-state index contributed by atoms with van der Waals surface area (Å²) in [5.74, 6) is 0.883. The molecule has 34 heavy (non-hydrogen) atoms. The Morgan fingerprint density at radius 1 is 1.03 bits per heavy atom. The topological polar surface area (TPSA) is 96.2 Å². The third-order valence-corrected chi connectivity index (χ3v) is 6.68. The Hall–Kier alpha value is -2.53. The Bertz CT molecular complexity index is 1190. The Balaban J connectivity index is 0.00000324. The molecule has 0 amide bonds. The number of hydrogen-bond acceptors (Lipinski definition) is 7. The summed E-state index contributed by atoms with van der Waals surface area (Å²) in [6, 6.07) is 7.78. The van der Waals surface area contributed by atoms with Crippen LogP contribution in [0.2, 0.25) is 0 Å². The molecule has 1 aromatic carbocycles. The van der Waals surface area contributed by atoms with E-state index in [1.54, 1.807) is 12.4 Å². The van der Waals surface area contributed by atoms with Gasteiger partial charge < -0.3 is 4.90 Å². The Morgan fingerprint density at radius 3 is 2.32 bits per heavy atom. The van der Waals surface area contributed by atoms with Gasteiger partial charge in [0.25, 0.3) is 0 Å². The Kier molecular flexibility index (Phi) is 8.64. The summed E-state index contributed by atoms with van der Waals surface area (Å²) >= 11 is 0. The van der Waals surface area contributed by atoms with Crippen molar-refractivity contribution in [1.82, 2.24) is 29.4 Å². The highest BCUT2D eigenvalue weighted by Gasteiger charge is 2.22. The minimum absolute atomic E-state index is 0. The minimum atomic E-state index is -3.22.